The van der Waals surface area contributed by atoms with Gasteiger partial charge in [-0.2, -0.15) is 5.48 Å². The van der Waals surface area contributed by atoms with E-state index in [0.29, 0.717) is 34.6 Å². The molecule has 166 valence electrons. The van der Waals surface area contributed by atoms with Crippen molar-refractivity contribution in [1.29, 1.82) is 0 Å². The minimum Gasteiger partial charge on any atom is -0.496 e. The van der Waals surface area contributed by atoms with Gasteiger partial charge in [-0.15, -0.1) is 0 Å². The highest BCUT2D eigenvalue weighted by molar-refractivity contribution is 6.37. The first kappa shape index (κ1) is 22.3. The van der Waals surface area contributed by atoms with Gasteiger partial charge in [0.25, 0.3) is 5.91 Å². The van der Waals surface area contributed by atoms with E-state index in [1.54, 1.807) is 13.2 Å². The summed E-state index contributed by atoms with van der Waals surface area (Å²) < 4.78 is 5.54. The van der Waals surface area contributed by atoms with Crippen molar-refractivity contribution in [2.75, 3.05) is 25.6 Å². The van der Waals surface area contributed by atoms with E-state index >= 15 is 0 Å². The molecule has 0 saturated carbocycles. The number of carbonyl (C=O) groups excluding carboxylic acids is 1. The van der Waals surface area contributed by atoms with Crippen LogP contribution >= 0.6 is 11.6 Å². The van der Waals surface area contributed by atoms with Crippen molar-refractivity contribution in [3.8, 4) is 16.9 Å². The van der Waals surface area contributed by atoms with Gasteiger partial charge < -0.3 is 20.2 Å². The third kappa shape index (κ3) is 5.29. The third-order valence-electron chi connectivity index (χ3n) is 5.40. The third-order valence-corrected chi connectivity index (χ3v) is 5.80. The molecule has 1 aliphatic rings. The number of anilines is 1. The Kier molecular flexibility index (Phi) is 7.39. The highest BCUT2D eigenvalue weighted by Crippen LogP contribution is 2.31. The summed E-state index contributed by atoms with van der Waals surface area (Å²) in [6.07, 6.45) is 0.989. The minimum absolute atomic E-state index is 0.270. The molecule has 1 atom stereocenters. The van der Waals surface area contributed by atoms with Crippen LogP contribution < -0.4 is 20.9 Å². The maximum Gasteiger partial charge on any atom is 0.257 e. The number of hydrogen-bond acceptors (Lipinski definition) is 5. The van der Waals surface area contributed by atoms with Crippen LogP contribution in [-0.2, 0) is 11.4 Å². The van der Waals surface area contributed by atoms with Gasteiger partial charge in [-0.1, -0.05) is 60.1 Å². The van der Waals surface area contributed by atoms with Crippen LogP contribution in [0.4, 0.5) is 5.69 Å². The molecule has 0 bridgehead atoms. The van der Waals surface area contributed by atoms with Gasteiger partial charge in [-0.05, 0) is 24.1 Å². The maximum atomic E-state index is 13.0. The van der Waals surface area contributed by atoms with Crippen LogP contribution in [-0.4, -0.2) is 32.2 Å². The lowest BCUT2D eigenvalue weighted by Crippen LogP contribution is -2.33. The van der Waals surface area contributed by atoms with E-state index in [0.717, 1.165) is 36.3 Å². The molecule has 1 saturated heterocycles. The lowest BCUT2D eigenvalue weighted by atomic mass is 10.0. The molecule has 0 aliphatic carbocycles. The SMILES string of the molecule is COc1cc(NC(=O)c2cccc(-c3ccccc3)c2Cl)ccc1CNCC1CCON1. The number of amides is 1. The van der Waals surface area contributed by atoms with E-state index in [9.17, 15) is 4.79 Å². The first-order valence-electron chi connectivity index (χ1n) is 10.6. The summed E-state index contributed by atoms with van der Waals surface area (Å²) in [7, 11) is 1.62. The molecule has 0 spiro atoms. The van der Waals surface area contributed by atoms with Gasteiger partial charge in [-0.25, -0.2) is 0 Å². The van der Waals surface area contributed by atoms with Crippen molar-refractivity contribution >= 4 is 23.2 Å². The predicted molar refractivity (Wildman–Crippen MR) is 127 cm³/mol. The Morgan fingerprint density at radius 2 is 2.00 bits per heavy atom. The monoisotopic (exact) mass is 451 g/mol. The lowest BCUT2D eigenvalue weighted by Gasteiger charge is -2.15. The maximum absolute atomic E-state index is 13.0. The molecular weight excluding hydrogens is 426 g/mol. The Balaban J connectivity index is 1.45. The molecule has 1 heterocycles. The number of nitrogens with one attached hydrogen (secondary N) is 3. The number of halogens is 1. The largest absolute Gasteiger partial charge is 0.496 e. The minimum atomic E-state index is -0.270. The summed E-state index contributed by atoms with van der Waals surface area (Å²) >= 11 is 6.59. The normalized spacial score (nSPS) is 15.5. The van der Waals surface area contributed by atoms with Crippen molar-refractivity contribution in [2.45, 2.75) is 19.0 Å². The highest BCUT2D eigenvalue weighted by Gasteiger charge is 2.16. The van der Waals surface area contributed by atoms with E-state index in [-0.39, 0.29) is 5.91 Å². The summed E-state index contributed by atoms with van der Waals surface area (Å²) in [5, 5.41) is 6.76. The summed E-state index contributed by atoms with van der Waals surface area (Å²) in [4.78, 5) is 18.1. The molecule has 1 fully saturated rings. The van der Waals surface area contributed by atoms with Crippen molar-refractivity contribution in [3.63, 3.8) is 0 Å². The molecule has 4 rings (SSSR count). The predicted octanol–water partition coefficient (Wildman–Crippen LogP) is 4.65. The van der Waals surface area contributed by atoms with E-state index in [1.165, 1.54) is 0 Å². The fourth-order valence-electron chi connectivity index (χ4n) is 3.68. The molecule has 32 heavy (non-hydrogen) atoms. The Hall–Kier alpha value is -2.90. The van der Waals surface area contributed by atoms with Crippen molar-refractivity contribution < 1.29 is 14.4 Å². The molecule has 1 amide bonds. The quantitative estimate of drug-likeness (QED) is 0.465. The Bertz CT molecular complexity index is 1070. The van der Waals surface area contributed by atoms with E-state index < -0.39 is 0 Å². The zero-order valence-corrected chi connectivity index (χ0v) is 18.6. The number of carbonyl (C=O) groups is 1. The highest BCUT2D eigenvalue weighted by atomic mass is 35.5. The molecular formula is C25H26ClN3O3. The second-order valence-electron chi connectivity index (χ2n) is 7.60. The van der Waals surface area contributed by atoms with Crippen LogP contribution in [0.3, 0.4) is 0 Å². The zero-order valence-electron chi connectivity index (χ0n) is 17.9. The van der Waals surface area contributed by atoms with Crippen LogP contribution in [0.1, 0.15) is 22.3 Å². The van der Waals surface area contributed by atoms with Gasteiger partial charge in [-0.3, -0.25) is 4.79 Å². The summed E-state index contributed by atoms with van der Waals surface area (Å²) in [5.74, 6) is 0.433. The zero-order chi connectivity index (χ0) is 22.3. The fraction of sp³-hybridized carbons (Fsp3) is 0.240. The Labute approximate surface area is 192 Å². The number of hydroxylamine groups is 1. The Morgan fingerprint density at radius 3 is 2.75 bits per heavy atom. The average molecular weight is 452 g/mol. The fourth-order valence-corrected chi connectivity index (χ4v) is 4.00. The topological polar surface area (TPSA) is 71.6 Å². The summed E-state index contributed by atoms with van der Waals surface area (Å²) in [5.41, 5.74) is 6.84. The smallest absolute Gasteiger partial charge is 0.257 e. The summed E-state index contributed by atoms with van der Waals surface area (Å²) in [6.45, 7) is 2.20. The second kappa shape index (κ2) is 10.6. The van der Waals surface area contributed by atoms with Crippen LogP contribution in [0.15, 0.2) is 66.7 Å². The second-order valence-corrected chi connectivity index (χ2v) is 7.97. The van der Waals surface area contributed by atoms with Crippen molar-refractivity contribution in [2.24, 2.45) is 0 Å². The molecule has 1 aliphatic heterocycles. The lowest BCUT2D eigenvalue weighted by molar-refractivity contribution is 0.0880. The first-order chi connectivity index (χ1) is 15.7. The number of rotatable bonds is 8. The van der Waals surface area contributed by atoms with Crippen LogP contribution in [0, 0.1) is 0 Å². The number of methoxy groups -OCH3 is 1. The average Bonchev–Trinajstić information content (AvgIpc) is 3.34. The van der Waals surface area contributed by atoms with Gasteiger partial charge in [0.05, 0.1) is 24.3 Å². The molecule has 3 aromatic carbocycles. The van der Waals surface area contributed by atoms with Crippen molar-refractivity contribution in [1.82, 2.24) is 10.8 Å². The molecule has 1 unspecified atom stereocenters. The molecule has 0 radical (unpaired) electrons. The van der Waals surface area contributed by atoms with E-state index in [4.69, 9.17) is 21.2 Å². The van der Waals surface area contributed by atoms with Gasteiger partial charge >= 0.3 is 0 Å². The molecule has 0 aromatic heterocycles. The van der Waals surface area contributed by atoms with Gasteiger partial charge in [0.15, 0.2) is 0 Å². The van der Waals surface area contributed by atoms with Crippen LogP contribution in [0.5, 0.6) is 5.75 Å². The first-order valence-corrected chi connectivity index (χ1v) is 10.9. The van der Waals surface area contributed by atoms with E-state index in [2.05, 4.69) is 16.1 Å². The molecule has 6 nitrogen and oxygen atoms in total. The Morgan fingerprint density at radius 1 is 1.16 bits per heavy atom. The van der Waals surface area contributed by atoms with Gasteiger partial charge in [0.1, 0.15) is 5.75 Å². The number of hydrogen-bond donors (Lipinski definition) is 3. The van der Waals surface area contributed by atoms with Crippen molar-refractivity contribution in [3.05, 3.63) is 82.9 Å². The summed E-state index contributed by atoms with van der Waals surface area (Å²) in [6, 6.07) is 21.2. The van der Waals surface area contributed by atoms with Gasteiger partial charge in [0.2, 0.25) is 0 Å². The molecule has 3 N–H and O–H groups in total. The molecule has 3 aromatic rings. The van der Waals surface area contributed by atoms with E-state index in [1.807, 2.05) is 60.7 Å². The molecule has 7 heteroatoms. The standard InChI is InChI=1S/C25H26ClN3O3/c1-31-23-14-19(11-10-18(23)15-27-16-20-12-13-32-29-20)28-25(30)22-9-5-8-21(24(22)26)17-6-3-2-4-7-17/h2-11,14,20,27,29H,12-13,15-16H2,1H3,(H,28,30). The number of benzene rings is 3. The van der Waals surface area contributed by atoms with Gasteiger partial charge in [0, 0.05) is 42.0 Å². The van der Waals surface area contributed by atoms with Crippen LogP contribution in [0.25, 0.3) is 11.1 Å². The number of ether oxygens (including phenoxy) is 1. The van der Waals surface area contributed by atoms with Crippen LogP contribution in [0.2, 0.25) is 5.02 Å².